The predicted octanol–water partition coefficient (Wildman–Crippen LogP) is 1.84. The van der Waals surface area contributed by atoms with Gasteiger partial charge in [-0.2, -0.15) is 0 Å². The third kappa shape index (κ3) is 2.12. The fraction of sp³-hybridized carbons (Fsp3) is 1.00. The van der Waals surface area contributed by atoms with E-state index < -0.39 is 0 Å². The van der Waals surface area contributed by atoms with Crippen molar-refractivity contribution in [3.63, 3.8) is 0 Å². The van der Waals surface area contributed by atoms with E-state index in [0.29, 0.717) is 6.04 Å². The lowest BCUT2D eigenvalue weighted by Gasteiger charge is -2.44. The van der Waals surface area contributed by atoms with Crippen molar-refractivity contribution >= 4 is 0 Å². The topological polar surface area (TPSA) is 29.3 Å². The molecule has 1 aliphatic carbocycles. The fourth-order valence-electron chi connectivity index (χ4n) is 2.99. The zero-order valence-electron chi connectivity index (χ0n) is 9.58. The zero-order valence-corrected chi connectivity index (χ0v) is 9.58. The minimum atomic E-state index is 0.418. The summed E-state index contributed by atoms with van der Waals surface area (Å²) < 4.78 is 0. The predicted molar refractivity (Wildman–Crippen MR) is 60.1 cm³/mol. The van der Waals surface area contributed by atoms with Crippen LogP contribution in [0.25, 0.3) is 0 Å². The van der Waals surface area contributed by atoms with Gasteiger partial charge in [0.1, 0.15) is 0 Å². The molecule has 2 heteroatoms. The largest absolute Gasteiger partial charge is 0.327 e. The van der Waals surface area contributed by atoms with Gasteiger partial charge >= 0.3 is 0 Å². The lowest BCUT2D eigenvalue weighted by atomic mass is 9.79. The molecule has 2 aliphatic rings. The summed E-state index contributed by atoms with van der Waals surface area (Å²) >= 11 is 0. The van der Waals surface area contributed by atoms with Gasteiger partial charge in [-0.3, -0.25) is 4.90 Å². The van der Waals surface area contributed by atoms with Crippen molar-refractivity contribution in [3.05, 3.63) is 0 Å². The fourth-order valence-corrected chi connectivity index (χ4v) is 2.99. The SMILES string of the molecule is CC1CC(N)CN(C(C)C2CCC2)C1. The third-order valence-electron chi connectivity index (χ3n) is 4.13. The molecule has 2 nitrogen and oxygen atoms in total. The molecule has 2 fully saturated rings. The molecular weight excluding hydrogens is 172 g/mol. The van der Waals surface area contributed by atoms with Crippen LogP contribution in [0.2, 0.25) is 0 Å². The molecule has 2 rings (SSSR count). The first-order chi connectivity index (χ1) is 6.66. The van der Waals surface area contributed by atoms with Gasteiger partial charge in [0.25, 0.3) is 0 Å². The normalized spacial score (nSPS) is 37.9. The van der Waals surface area contributed by atoms with Gasteiger partial charge in [0, 0.05) is 25.2 Å². The van der Waals surface area contributed by atoms with E-state index in [9.17, 15) is 0 Å². The van der Waals surface area contributed by atoms with Gasteiger partial charge in [-0.1, -0.05) is 13.3 Å². The van der Waals surface area contributed by atoms with Gasteiger partial charge in [0.15, 0.2) is 0 Å². The molecule has 1 heterocycles. The first-order valence-corrected chi connectivity index (χ1v) is 6.16. The molecule has 0 radical (unpaired) electrons. The maximum Gasteiger partial charge on any atom is 0.0170 e. The van der Waals surface area contributed by atoms with Crippen LogP contribution in [0.1, 0.15) is 39.5 Å². The Morgan fingerprint density at radius 2 is 2.00 bits per heavy atom. The zero-order chi connectivity index (χ0) is 10.1. The van der Waals surface area contributed by atoms with Gasteiger partial charge in [-0.05, 0) is 38.0 Å². The average Bonchev–Trinajstić information content (AvgIpc) is 1.98. The summed E-state index contributed by atoms with van der Waals surface area (Å²) in [6, 6.07) is 1.19. The van der Waals surface area contributed by atoms with Crippen molar-refractivity contribution in [1.82, 2.24) is 4.90 Å². The maximum atomic E-state index is 6.07. The van der Waals surface area contributed by atoms with E-state index in [1.807, 2.05) is 0 Å². The summed E-state index contributed by atoms with van der Waals surface area (Å²) in [4.78, 5) is 2.63. The number of nitrogens with two attached hydrogens (primary N) is 1. The maximum absolute atomic E-state index is 6.07. The number of likely N-dealkylation sites (tertiary alicyclic amines) is 1. The van der Waals surface area contributed by atoms with E-state index in [1.54, 1.807) is 0 Å². The Hall–Kier alpha value is -0.0800. The van der Waals surface area contributed by atoms with Crippen LogP contribution in [0.15, 0.2) is 0 Å². The van der Waals surface area contributed by atoms with Crippen molar-refractivity contribution in [2.24, 2.45) is 17.6 Å². The molecule has 1 saturated heterocycles. The van der Waals surface area contributed by atoms with Crippen LogP contribution in [-0.4, -0.2) is 30.1 Å². The number of piperidine rings is 1. The van der Waals surface area contributed by atoms with E-state index in [2.05, 4.69) is 18.7 Å². The van der Waals surface area contributed by atoms with Crippen molar-refractivity contribution in [1.29, 1.82) is 0 Å². The Balaban J connectivity index is 1.88. The smallest absolute Gasteiger partial charge is 0.0170 e. The minimum Gasteiger partial charge on any atom is -0.327 e. The van der Waals surface area contributed by atoms with Crippen LogP contribution < -0.4 is 5.73 Å². The molecule has 0 amide bonds. The molecule has 3 unspecified atom stereocenters. The average molecular weight is 196 g/mol. The van der Waals surface area contributed by atoms with E-state index in [4.69, 9.17) is 5.73 Å². The lowest BCUT2D eigenvalue weighted by molar-refractivity contribution is 0.0628. The summed E-state index contributed by atoms with van der Waals surface area (Å²) in [5.74, 6) is 1.76. The second kappa shape index (κ2) is 4.19. The third-order valence-corrected chi connectivity index (χ3v) is 4.13. The van der Waals surface area contributed by atoms with E-state index in [-0.39, 0.29) is 0 Å². The van der Waals surface area contributed by atoms with Crippen LogP contribution in [-0.2, 0) is 0 Å². The minimum absolute atomic E-state index is 0.418. The highest BCUT2D eigenvalue weighted by Gasteiger charge is 2.32. The molecule has 14 heavy (non-hydrogen) atoms. The summed E-state index contributed by atoms with van der Waals surface area (Å²) in [5, 5.41) is 0. The first kappa shape index (κ1) is 10.4. The Kier molecular flexibility index (Phi) is 3.13. The summed E-state index contributed by atoms with van der Waals surface area (Å²) in [5.41, 5.74) is 6.07. The first-order valence-electron chi connectivity index (χ1n) is 6.16. The Morgan fingerprint density at radius 1 is 1.29 bits per heavy atom. The molecule has 1 aliphatic heterocycles. The second-order valence-corrected chi connectivity index (χ2v) is 5.49. The van der Waals surface area contributed by atoms with Gasteiger partial charge in [-0.25, -0.2) is 0 Å². The second-order valence-electron chi connectivity index (χ2n) is 5.49. The number of nitrogens with zero attached hydrogens (tertiary/aromatic N) is 1. The Labute approximate surface area is 87.8 Å². The molecule has 0 aromatic carbocycles. The van der Waals surface area contributed by atoms with Gasteiger partial charge < -0.3 is 5.73 Å². The highest BCUT2D eigenvalue weighted by Crippen LogP contribution is 2.33. The van der Waals surface area contributed by atoms with Gasteiger partial charge in [0.05, 0.1) is 0 Å². The number of rotatable bonds is 2. The molecule has 2 N–H and O–H groups in total. The summed E-state index contributed by atoms with van der Waals surface area (Å²) in [6.07, 6.45) is 5.56. The molecule has 0 aromatic rings. The molecule has 3 atom stereocenters. The Morgan fingerprint density at radius 3 is 2.50 bits per heavy atom. The van der Waals surface area contributed by atoms with Gasteiger partial charge in [0.2, 0.25) is 0 Å². The van der Waals surface area contributed by atoms with Crippen LogP contribution in [0.4, 0.5) is 0 Å². The van der Waals surface area contributed by atoms with Crippen molar-refractivity contribution in [3.8, 4) is 0 Å². The van der Waals surface area contributed by atoms with Crippen molar-refractivity contribution in [2.45, 2.75) is 51.6 Å². The van der Waals surface area contributed by atoms with Crippen LogP contribution in [0.5, 0.6) is 0 Å². The van der Waals surface area contributed by atoms with E-state index >= 15 is 0 Å². The number of hydrogen-bond donors (Lipinski definition) is 1. The number of hydrogen-bond acceptors (Lipinski definition) is 2. The molecule has 0 aromatic heterocycles. The van der Waals surface area contributed by atoms with Crippen LogP contribution in [0, 0.1) is 11.8 Å². The molecule has 82 valence electrons. The van der Waals surface area contributed by atoms with E-state index in [1.165, 1.54) is 32.2 Å². The highest BCUT2D eigenvalue weighted by atomic mass is 15.2. The standard InChI is InChI=1S/C12H24N2/c1-9-6-12(13)8-14(7-9)10(2)11-4-3-5-11/h9-12H,3-8,13H2,1-2H3. The van der Waals surface area contributed by atoms with Gasteiger partial charge in [-0.15, -0.1) is 0 Å². The molecule has 0 bridgehead atoms. The Bertz CT molecular complexity index is 179. The molecule has 0 spiro atoms. The summed E-state index contributed by atoms with van der Waals surface area (Å²) in [7, 11) is 0. The van der Waals surface area contributed by atoms with E-state index in [0.717, 1.165) is 24.4 Å². The molecular formula is C12H24N2. The van der Waals surface area contributed by atoms with Crippen molar-refractivity contribution in [2.75, 3.05) is 13.1 Å². The van der Waals surface area contributed by atoms with Crippen LogP contribution >= 0.6 is 0 Å². The monoisotopic (exact) mass is 196 g/mol. The lowest BCUT2D eigenvalue weighted by Crippen LogP contribution is -2.52. The van der Waals surface area contributed by atoms with Crippen molar-refractivity contribution < 1.29 is 0 Å². The highest BCUT2D eigenvalue weighted by molar-refractivity contribution is 4.87. The van der Waals surface area contributed by atoms with Crippen LogP contribution in [0.3, 0.4) is 0 Å². The summed E-state index contributed by atoms with van der Waals surface area (Å²) in [6.45, 7) is 7.13. The molecule has 1 saturated carbocycles. The quantitative estimate of drug-likeness (QED) is 0.730.